The van der Waals surface area contributed by atoms with Crippen LogP contribution in [0.5, 0.6) is 5.75 Å². The number of nitrogens with zero attached hydrogens (tertiary/aromatic N) is 2. The van der Waals surface area contributed by atoms with Crippen molar-refractivity contribution in [2.75, 3.05) is 43.4 Å². The molecule has 1 saturated heterocycles. The molecule has 5 nitrogen and oxygen atoms in total. The lowest BCUT2D eigenvalue weighted by Gasteiger charge is -2.24. The number of rotatable bonds is 4. The Morgan fingerprint density at radius 2 is 2.10 bits per heavy atom. The van der Waals surface area contributed by atoms with Gasteiger partial charge in [-0.05, 0) is 25.0 Å². The maximum absolute atomic E-state index is 11.5. The van der Waals surface area contributed by atoms with E-state index in [4.69, 9.17) is 10.5 Å². The lowest BCUT2D eigenvalue weighted by Crippen LogP contribution is -2.33. The van der Waals surface area contributed by atoms with Crippen LogP contribution >= 0.6 is 0 Å². The number of anilines is 2. The Morgan fingerprint density at radius 3 is 2.81 bits per heavy atom. The maximum atomic E-state index is 11.5. The maximum Gasteiger partial charge on any atom is 0.219 e. The van der Waals surface area contributed by atoms with Crippen LogP contribution in [0.2, 0.25) is 0 Å². The van der Waals surface area contributed by atoms with Gasteiger partial charge < -0.3 is 20.3 Å². The summed E-state index contributed by atoms with van der Waals surface area (Å²) in [6.07, 6.45) is 1.94. The van der Waals surface area contributed by atoms with Gasteiger partial charge in [-0.1, -0.05) is 6.92 Å². The van der Waals surface area contributed by atoms with Crippen LogP contribution in [0.25, 0.3) is 0 Å². The minimum atomic E-state index is 0.154. The molecule has 21 heavy (non-hydrogen) atoms. The third-order valence-electron chi connectivity index (χ3n) is 3.77. The third kappa shape index (κ3) is 4.03. The number of amides is 1. The monoisotopic (exact) mass is 291 g/mol. The van der Waals surface area contributed by atoms with Crippen molar-refractivity contribution >= 4 is 17.3 Å². The van der Waals surface area contributed by atoms with Crippen molar-refractivity contribution < 1.29 is 9.53 Å². The lowest BCUT2D eigenvalue weighted by atomic mass is 10.2. The van der Waals surface area contributed by atoms with E-state index < -0.39 is 0 Å². The highest BCUT2D eigenvalue weighted by molar-refractivity contribution is 5.73. The van der Waals surface area contributed by atoms with Crippen molar-refractivity contribution in [3.63, 3.8) is 0 Å². The molecule has 116 valence electrons. The van der Waals surface area contributed by atoms with Crippen LogP contribution in [0.3, 0.4) is 0 Å². The largest absolute Gasteiger partial charge is 0.491 e. The van der Waals surface area contributed by atoms with Crippen LogP contribution in [-0.2, 0) is 4.79 Å². The topological polar surface area (TPSA) is 58.8 Å². The number of nitrogen functional groups attached to an aromatic ring is 1. The average Bonchev–Trinajstić information content (AvgIpc) is 2.72. The Bertz CT molecular complexity index is 490. The summed E-state index contributed by atoms with van der Waals surface area (Å²) in [6, 6.07) is 5.93. The van der Waals surface area contributed by atoms with Crippen LogP contribution in [-0.4, -0.2) is 43.6 Å². The molecule has 0 bridgehead atoms. The number of carbonyl (C=O) groups excluding carboxylic acids is 1. The number of ether oxygens (including phenoxy) is 1. The van der Waals surface area contributed by atoms with E-state index in [0.29, 0.717) is 12.3 Å². The fraction of sp³-hybridized carbons (Fsp3) is 0.562. The first-order chi connectivity index (χ1) is 10.1. The Balaban J connectivity index is 2.08. The molecule has 0 radical (unpaired) electrons. The van der Waals surface area contributed by atoms with Gasteiger partial charge in [0.1, 0.15) is 5.75 Å². The van der Waals surface area contributed by atoms with Crippen LogP contribution in [0.4, 0.5) is 11.4 Å². The first-order valence-electron chi connectivity index (χ1n) is 7.64. The van der Waals surface area contributed by atoms with Crippen molar-refractivity contribution in [2.24, 2.45) is 0 Å². The molecule has 1 aromatic rings. The molecule has 1 aromatic carbocycles. The highest BCUT2D eigenvalue weighted by atomic mass is 16.5. The second-order valence-electron chi connectivity index (χ2n) is 5.42. The first kappa shape index (κ1) is 15.5. The molecule has 1 aliphatic heterocycles. The number of nitrogens with two attached hydrogens (primary N) is 1. The summed E-state index contributed by atoms with van der Waals surface area (Å²) >= 11 is 0. The van der Waals surface area contributed by atoms with Gasteiger partial charge in [0.15, 0.2) is 0 Å². The van der Waals surface area contributed by atoms with Crippen molar-refractivity contribution in [1.29, 1.82) is 0 Å². The molecule has 0 spiro atoms. The third-order valence-corrected chi connectivity index (χ3v) is 3.77. The second kappa shape index (κ2) is 7.20. The summed E-state index contributed by atoms with van der Waals surface area (Å²) in [4.78, 5) is 15.7. The van der Waals surface area contributed by atoms with Gasteiger partial charge in [0.2, 0.25) is 5.91 Å². The predicted molar refractivity (Wildman–Crippen MR) is 85.7 cm³/mol. The van der Waals surface area contributed by atoms with E-state index in [9.17, 15) is 4.79 Å². The van der Waals surface area contributed by atoms with Gasteiger partial charge in [-0.3, -0.25) is 4.79 Å². The molecule has 0 unspecified atom stereocenters. The molecule has 5 heteroatoms. The van der Waals surface area contributed by atoms with Crippen molar-refractivity contribution in [2.45, 2.75) is 26.7 Å². The van der Waals surface area contributed by atoms with Gasteiger partial charge >= 0.3 is 0 Å². The van der Waals surface area contributed by atoms with E-state index >= 15 is 0 Å². The predicted octanol–water partition coefficient (Wildman–Crippen LogP) is 2.12. The summed E-state index contributed by atoms with van der Waals surface area (Å²) in [5.74, 6) is 0.906. The minimum Gasteiger partial charge on any atom is -0.491 e. The standard InChI is InChI=1S/C16H25N3O2/c1-3-11-21-16-12-14(5-6-15(16)17)19-8-4-7-18(9-10-19)13(2)20/h5-6,12H,3-4,7-11,17H2,1-2H3. The molecule has 2 rings (SSSR count). The Hall–Kier alpha value is -1.91. The highest BCUT2D eigenvalue weighted by Crippen LogP contribution is 2.28. The van der Waals surface area contributed by atoms with Gasteiger partial charge in [-0.15, -0.1) is 0 Å². The van der Waals surface area contributed by atoms with E-state index in [0.717, 1.165) is 50.5 Å². The Morgan fingerprint density at radius 1 is 1.29 bits per heavy atom. The van der Waals surface area contributed by atoms with E-state index in [-0.39, 0.29) is 5.91 Å². The summed E-state index contributed by atoms with van der Waals surface area (Å²) < 4.78 is 5.69. The molecule has 1 heterocycles. The number of hydrogen-bond acceptors (Lipinski definition) is 4. The van der Waals surface area contributed by atoms with Gasteiger partial charge in [-0.2, -0.15) is 0 Å². The molecule has 1 aliphatic rings. The fourth-order valence-corrected chi connectivity index (χ4v) is 2.55. The van der Waals surface area contributed by atoms with Crippen LogP contribution in [0.15, 0.2) is 18.2 Å². The zero-order chi connectivity index (χ0) is 15.2. The van der Waals surface area contributed by atoms with E-state index in [2.05, 4.69) is 11.8 Å². The fourth-order valence-electron chi connectivity index (χ4n) is 2.55. The summed E-state index contributed by atoms with van der Waals surface area (Å²) in [5.41, 5.74) is 7.74. The molecule has 1 amide bonds. The average molecular weight is 291 g/mol. The number of benzene rings is 1. The van der Waals surface area contributed by atoms with E-state index in [1.54, 1.807) is 6.92 Å². The summed E-state index contributed by atoms with van der Waals surface area (Å²) in [6.45, 7) is 7.77. The molecule has 0 atom stereocenters. The summed E-state index contributed by atoms with van der Waals surface area (Å²) in [7, 11) is 0. The molecule has 1 fully saturated rings. The minimum absolute atomic E-state index is 0.154. The van der Waals surface area contributed by atoms with Crippen molar-refractivity contribution in [1.82, 2.24) is 4.90 Å². The van der Waals surface area contributed by atoms with Gasteiger partial charge in [0.05, 0.1) is 12.3 Å². The first-order valence-corrected chi connectivity index (χ1v) is 7.64. The molecular formula is C16H25N3O2. The molecule has 0 aromatic heterocycles. The molecule has 0 aliphatic carbocycles. The molecule has 2 N–H and O–H groups in total. The van der Waals surface area contributed by atoms with Gasteiger partial charge in [0.25, 0.3) is 0 Å². The normalized spacial score (nSPS) is 15.7. The SMILES string of the molecule is CCCOc1cc(N2CCCN(C(C)=O)CC2)ccc1N. The van der Waals surface area contributed by atoms with Crippen LogP contribution in [0, 0.1) is 0 Å². The number of hydrogen-bond donors (Lipinski definition) is 1. The van der Waals surface area contributed by atoms with Crippen molar-refractivity contribution in [3.05, 3.63) is 18.2 Å². The quantitative estimate of drug-likeness (QED) is 0.863. The lowest BCUT2D eigenvalue weighted by molar-refractivity contribution is -0.128. The zero-order valence-electron chi connectivity index (χ0n) is 13.0. The van der Waals surface area contributed by atoms with Crippen molar-refractivity contribution in [3.8, 4) is 5.75 Å². The van der Waals surface area contributed by atoms with E-state index in [1.165, 1.54) is 0 Å². The summed E-state index contributed by atoms with van der Waals surface area (Å²) in [5, 5.41) is 0. The zero-order valence-corrected chi connectivity index (χ0v) is 13.0. The molecular weight excluding hydrogens is 266 g/mol. The van der Waals surface area contributed by atoms with Gasteiger partial charge in [-0.25, -0.2) is 0 Å². The molecule has 0 saturated carbocycles. The smallest absolute Gasteiger partial charge is 0.219 e. The van der Waals surface area contributed by atoms with Gasteiger partial charge in [0, 0.05) is 44.9 Å². The second-order valence-corrected chi connectivity index (χ2v) is 5.42. The highest BCUT2D eigenvalue weighted by Gasteiger charge is 2.17. The number of carbonyl (C=O) groups is 1. The Labute approximate surface area is 126 Å². The van der Waals surface area contributed by atoms with Crippen LogP contribution < -0.4 is 15.4 Å². The Kier molecular flexibility index (Phi) is 5.31. The van der Waals surface area contributed by atoms with E-state index in [1.807, 2.05) is 23.1 Å². The van der Waals surface area contributed by atoms with Crippen LogP contribution in [0.1, 0.15) is 26.7 Å².